The van der Waals surface area contributed by atoms with Crippen LogP contribution in [-0.4, -0.2) is 42.8 Å². The summed E-state index contributed by atoms with van der Waals surface area (Å²) in [6.07, 6.45) is -0.239. The Morgan fingerprint density at radius 3 is 2.33 bits per heavy atom. The van der Waals surface area contributed by atoms with Gasteiger partial charge in [0.15, 0.2) is 0 Å². The highest BCUT2D eigenvalue weighted by Gasteiger charge is 2.26. The van der Waals surface area contributed by atoms with Crippen LogP contribution in [-0.2, 0) is 4.74 Å². The topological polar surface area (TPSA) is 32.8 Å². The molecule has 0 aliphatic carbocycles. The zero-order chi connectivity index (χ0) is 15.6. The lowest BCUT2D eigenvalue weighted by molar-refractivity contribution is 0.0240. The normalized spacial score (nSPS) is 16.0. The lowest BCUT2D eigenvalue weighted by Crippen LogP contribution is -2.50. The van der Waals surface area contributed by atoms with Crippen LogP contribution in [0.25, 0.3) is 0 Å². The Morgan fingerprint density at radius 2 is 1.81 bits per heavy atom. The van der Waals surface area contributed by atoms with Crippen LogP contribution >= 0.6 is 11.6 Å². The maximum absolute atomic E-state index is 12.0. The summed E-state index contributed by atoms with van der Waals surface area (Å²) in [4.78, 5) is 16.0. The van der Waals surface area contributed by atoms with E-state index in [1.165, 1.54) is 0 Å². The van der Waals surface area contributed by atoms with E-state index in [1.54, 1.807) is 4.90 Å². The smallest absolute Gasteiger partial charge is 0.410 e. The number of amides is 1. The number of benzene rings is 1. The molecule has 4 nitrogen and oxygen atoms in total. The molecule has 1 amide bonds. The molecule has 0 unspecified atom stereocenters. The number of hydrogen-bond donors (Lipinski definition) is 0. The molecule has 1 fully saturated rings. The van der Waals surface area contributed by atoms with Gasteiger partial charge in [0.2, 0.25) is 0 Å². The van der Waals surface area contributed by atoms with Gasteiger partial charge < -0.3 is 14.5 Å². The maximum atomic E-state index is 12.0. The number of ether oxygens (including phenoxy) is 1. The van der Waals surface area contributed by atoms with Crippen molar-refractivity contribution in [3.05, 3.63) is 28.8 Å². The molecule has 5 heteroatoms. The molecular formula is C16H23ClN2O2. The van der Waals surface area contributed by atoms with Crippen molar-refractivity contribution in [3.8, 4) is 0 Å². The van der Waals surface area contributed by atoms with Crippen molar-refractivity contribution in [1.29, 1.82) is 0 Å². The van der Waals surface area contributed by atoms with Gasteiger partial charge in [0.05, 0.1) is 10.7 Å². The van der Waals surface area contributed by atoms with Crippen LogP contribution in [0, 0.1) is 6.92 Å². The van der Waals surface area contributed by atoms with Crippen LogP contribution < -0.4 is 4.90 Å². The van der Waals surface area contributed by atoms with Gasteiger partial charge >= 0.3 is 6.09 Å². The van der Waals surface area contributed by atoms with Crippen molar-refractivity contribution in [3.63, 3.8) is 0 Å². The molecule has 1 heterocycles. The number of nitrogens with zero attached hydrogens (tertiary/aromatic N) is 2. The number of hydrogen-bond acceptors (Lipinski definition) is 3. The second-order valence-electron chi connectivity index (χ2n) is 6.41. The third kappa shape index (κ3) is 4.27. The van der Waals surface area contributed by atoms with E-state index in [9.17, 15) is 4.79 Å². The minimum atomic E-state index is -0.450. The Kier molecular flexibility index (Phi) is 4.67. The monoisotopic (exact) mass is 310 g/mol. The summed E-state index contributed by atoms with van der Waals surface area (Å²) in [6, 6.07) is 6.07. The first-order valence-corrected chi connectivity index (χ1v) is 7.63. The molecule has 0 spiro atoms. The van der Waals surface area contributed by atoms with Gasteiger partial charge in [0, 0.05) is 26.2 Å². The van der Waals surface area contributed by atoms with Gasteiger partial charge in [-0.1, -0.05) is 17.7 Å². The highest BCUT2D eigenvalue weighted by molar-refractivity contribution is 6.33. The largest absolute Gasteiger partial charge is 0.444 e. The standard InChI is InChI=1S/C16H23ClN2O2/c1-12-5-6-14(13(17)11-12)18-7-9-19(10-8-18)15(20)21-16(2,3)4/h5-6,11H,7-10H2,1-4H3. The van der Waals surface area contributed by atoms with Crippen LogP contribution in [0.4, 0.5) is 10.5 Å². The van der Waals surface area contributed by atoms with Crippen LogP contribution in [0.15, 0.2) is 18.2 Å². The molecule has 21 heavy (non-hydrogen) atoms. The predicted octanol–water partition coefficient (Wildman–Crippen LogP) is 3.71. The maximum Gasteiger partial charge on any atom is 0.410 e. The van der Waals surface area contributed by atoms with Crippen LogP contribution in [0.1, 0.15) is 26.3 Å². The van der Waals surface area contributed by atoms with Crippen molar-refractivity contribution in [2.24, 2.45) is 0 Å². The number of anilines is 1. The Hall–Kier alpha value is -1.42. The fourth-order valence-corrected chi connectivity index (χ4v) is 2.68. The molecule has 116 valence electrons. The number of rotatable bonds is 1. The molecular weight excluding hydrogens is 288 g/mol. The van der Waals surface area contributed by atoms with E-state index >= 15 is 0 Å². The molecule has 0 radical (unpaired) electrons. The van der Waals surface area contributed by atoms with Crippen LogP contribution in [0.3, 0.4) is 0 Å². The van der Waals surface area contributed by atoms with Gasteiger partial charge in [-0.25, -0.2) is 4.79 Å². The first-order valence-electron chi connectivity index (χ1n) is 7.25. The molecule has 0 N–H and O–H groups in total. The average molecular weight is 311 g/mol. The van der Waals surface area contributed by atoms with Gasteiger partial charge in [-0.3, -0.25) is 0 Å². The van der Waals surface area contributed by atoms with Crippen LogP contribution in [0.2, 0.25) is 5.02 Å². The molecule has 1 aromatic rings. The molecule has 0 saturated carbocycles. The second-order valence-corrected chi connectivity index (χ2v) is 6.82. The Labute approximate surface area is 131 Å². The quantitative estimate of drug-likeness (QED) is 0.793. The minimum absolute atomic E-state index is 0.239. The van der Waals surface area contributed by atoms with E-state index in [4.69, 9.17) is 16.3 Å². The molecule has 1 aliphatic heterocycles. The van der Waals surface area contributed by atoms with E-state index in [1.807, 2.05) is 39.8 Å². The van der Waals surface area contributed by atoms with Gasteiger partial charge in [0.1, 0.15) is 5.60 Å². The number of halogens is 1. The average Bonchev–Trinajstić information content (AvgIpc) is 2.37. The zero-order valence-corrected chi connectivity index (χ0v) is 13.9. The lowest BCUT2D eigenvalue weighted by Gasteiger charge is -2.37. The van der Waals surface area contributed by atoms with Crippen LogP contribution in [0.5, 0.6) is 0 Å². The number of aryl methyl sites for hydroxylation is 1. The summed E-state index contributed by atoms with van der Waals surface area (Å²) < 4.78 is 5.40. The first-order chi connectivity index (χ1) is 9.76. The van der Waals surface area contributed by atoms with Crippen molar-refractivity contribution >= 4 is 23.4 Å². The molecule has 0 aromatic heterocycles. The van der Waals surface area contributed by atoms with E-state index in [0.29, 0.717) is 13.1 Å². The highest BCUT2D eigenvalue weighted by atomic mass is 35.5. The van der Waals surface area contributed by atoms with E-state index in [0.717, 1.165) is 29.4 Å². The van der Waals surface area contributed by atoms with E-state index < -0.39 is 5.60 Å². The fourth-order valence-electron chi connectivity index (χ4n) is 2.32. The lowest BCUT2D eigenvalue weighted by atomic mass is 10.2. The van der Waals surface area contributed by atoms with Crippen molar-refractivity contribution in [1.82, 2.24) is 4.90 Å². The van der Waals surface area contributed by atoms with Gasteiger partial charge in [0.25, 0.3) is 0 Å². The summed E-state index contributed by atoms with van der Waals surface area (Å²) in [5.41, 5.74) is 1.73. The summed E-state index contributed by atoms with van der Waals surface area (Å²) >= 11 is 6.30. The zero-order valence-electron chi connectivity index (χ0n) is 13.1. The highest BCUT2D eigenvalue weighted by Crippen LogP contribution is 2.27. The molecule has 0 bridgehead atoms. The van der Waals surface area contributed by atoms with Crippen molar-refractivity contribution in [2.75, 3.05) is 31.1 Å². The third-order valence-electron chi connectivity index (χ3n) is 3.38. The Balaban J connectivity index is 1.95. The summed E-state index contributed by atoms with van der Waals surface area (Å²) in [6.45, 7) is 10.5. The molecule has 1 aromatic carbocycles. The van der Waals surface area contributed by atoms with E-state index in [-0.39, 0.29) is 6.09 Å². The Bertz CT molecular complexity index is 517. The first kappa shape index (κ1) is 16.0. The minimum Gasteiger partial charge on any atom is -0.444 e. The van der Waals surface area contributed by atoms with Gasteiger partial charge in [-0.15, -0.1) is 0 Å². The Morgan fingerprint density at radius 1 is 1.19 bits per heavy atom. The van der Waals surface area contributed by atoms with Gasteiger partial charge in [-0.05, 0) is 45.4 Å². The number of piperazine rings is 1. The summed E-state index contributed by atoms with van der Waals surface area (Å²) in [5, 5.41) is 0.765. The molecule has 1 saturated heterocycles. The number of carbonyl (C=O) groups is 1. The van der Waals surface area contributed by atoms with Gasteiger partial charge in [-0.2, -0.15) is 0 Å². The second kappa shape index (κ2) is 6.14. The summed E-state index contributed by atoms with van der Waals surface area (Å²) in [7, 11) is 0. The van der Waals surface area contributed by atoms with E-state index in [2.05, 4.69) is 11.0 Å². The predicted molar refractivity (Wildman–Crippen MR) is 86.2 cm³/mol. The number of carbonyl (C=O) groups excluding carboxylic acids is 1. The molecule has 1 aliphatic rings. The van der Waals surface area contributed by atoms with Crippen molar-refractivity contribution < 1.29 is 9.53 Å². The molecule has 2 rings (SSSR count). The summed E-state index contributed by atoms with van der Waals surface area (Å²) in [5.74, 6) is 0. The molecule has 0 atom stereocenters. The van der Waals surface area contributed by atoms with Crippen molar-refractivity contribution in [2.45, 2.75) is 33.3 Å². The SMILES string of the molecule is Cc1ccc(N2CCN(C(=O)OC(C)(C)C)CC2)c(Cl)c1. The third-order valence-corrected chi connectivity index (χ3v) is 3.68. The fraction of sp³-hybridized carbons (Fsp3) is 0.562.